The lowest BCUT2D eigenvalue weighted by Crippen LogP contribution is -2.31. The van der Waals surface area contributed by atoms with E-state index in [1.807, 2.05) is 0 Å². The highest BCUT2D eigenvalue weighted by molar-refractivity contribution is 5.85. The maximum atomic E-state index is 4.76. The average molecular weight is 332 g/mol. The first-order chi connectivity index (χ1) is 12.4. The number of fused-ring (bicyclic) bond motifs is 3. The Kier molecular flexibility index (Phi) is 3.62. The van der Waals surface area contributed by atoms with E-state index >= 15 is 0 Å². The molecule has 0 radical (unpaired) electrons. The average Bonchev–Trinajstić information content (AvgIpc) is 3.07. The van der Waals surface area contributed by atoms with Crippen LogP contribution in [-0.2, 0) is 13.0 Å². The van der Waals surface area contributed by atoms with Gasteiger partial charge in [-0.15, -0.1) is 0 Å². The van der Waals surface area contributed by atoms with E-state index in [-0.39, 0.29) is 0 Å². The van der Waals surface area contributed by atoms with Crippen molar-refractivity contribution in [2.24, 2.45) is 0 Å². The van der Waals surface area contributed by atoms with Crippen molar-refractivity contribution >= 4 is 22.4 Å². The maximum absolute atomic E-state index is 4.76. The summed E-state index contributed by atoms with van der Waals surface area (Å²) in [5, 5.41) is 1.36. The molecule has 1 N–H and O–H groups in total. The Balaban J connectivity index is 1.39. The monoisotopic (exact) mass is 332 g/mol. The summed E-state index contributed by atoms with van der Waals surface area (Å²) in [6, 6.07) is 13.1. The van der Waals surface area contributed by atoms with Gasteiger partial charge in [-0.25, -0.2) is 4.98 Å². The van der Waals surface area contributed by atoms with E-state index < -0.39 is 0 Å². The lowest BCUT2D eigenvalue weighted by molar-refractivity contribution is 0.573. The van der Waals surface area contributed by atoms with Gasteiger partial charge in [0.05, 0.1) is 11.9 Å². The zero-order valence-corrected chi connectivity index (χ0v) is 14.5. The fraction of sp³-hybridized carbons (Fsp3) is 0.381. The highest BCUT2D eigenvalue weighted by atomic mass is 15.2. The second kappa shape index (κ2) is 6.10. The standard InChI is InChI=1S/C21H24N4/c1-4-11-24(12-5-1)21-9-8-16(14-22-21)25-13-10-20-18(15-25)17-6-2-3-7-19(17)23-20/h2-3,6-9,14,23H,1,4-5,10-13,15H2. The molecule has 0 aliphatic carbocycles. The number of hydrogen-bond acceptors (Lipinski definition) is 3. The molecular formula is C21H24N4. The molecule has 4 heteroatoms. The Bertz CT molecular complexity index is 875. The zero-order chi connectivity index (χ0) is 16.6. The van der Waals surface area contributed by atoms with Crippen molar-refractivity contribution in [3.63, 3.8) is 0 Å². The zero-order valence-electron chi connectivity index (χ0n) is 14.5. The summed E-state index contributed by atoms with van der Waals surface area (Å²) < 4.78 is 0. The molecule has 4 heterocycles. The molecule has 0 bridgehead atoms. The minimum Gasteiger partial charge on any atom is -0.365 e. The normalized spacial score (nSPS) is 17.8. The van der Waals surface area contributed by atoms with E-state index in [1.54, 1.807) is 0 Å². The van der Waals surface area contributed by atoms with Crippen LogP contribution < -0.4 is 9.80 Å². The number of anilines is 2. The highest BCUT2D eigenvalue weighted by Crippen LogP contribution is 2.30. The largest absolute Gasteiger partial charge is 0.365 e. The number of benzene rings is 1. The Morgan fingerprint density at radius 1 is 0.880 bits per heavy atom. The number of piperidine rings is 1. The van der Waals surface area contributed by atoms with Crippen molar-refractivity contribution in [2.45, 2.75) is 32.2 Å². The Morgan fingerprint density at radius 3 is 2.60 bits per heavy atom. The summed E-state index contributed by atoms with van der Waals surface area (Å²) in [4.78, 5) is 13.2. The Hall–Kier alpha value is -2.49. The molecule has 25 heavy (non-hydrogen) atoms. The number of aromatic nitrogens is 2. The van der Waals surface area contributed by atoms with Crippen molar-refractivity contribution in [1.82, 2.24) is 9.97 Å². The van der Waals surface area contributed by atoms with Gasteiger partial charge in [0.2, 0.25) is 0 Å². The van der Waals surface area contributed by atoms with Crippen LogP contribution in [0.25, 0.3) is 10.9 Å². The van der Waals surface area contributed by atoms with Crippen molar-refractivity contribution in [3.8, 4) is 0 Å². The molecule has 0 spiro atoms. The predicted octanol–water partition coefficient (Wildman–Crippen LogP) is 4.12. The summed E-state index contributed by atoms with van der Waals surface area (Å²) in [6.07, 6.45) is 7.06. The van der Waals surface area contributed by atoms with Gasteiger partial charge in [-0.2, -0.15) is 0 Å². The van der Waals surface area contributed by atoms with Gasteiger partial charge in [-0.1, -0.05) is 18.2 Å². The van der Waals surface area contributed by atoms with Gasteiger partial charge < -0.3 is 14.8 Å². The number of hydrogen-bond donors (Lipinski definition) is 1. The summed E-state index contributed by atoms with van der Waals surface area (Å²) in [5.74, 6) is 1.13. The van der Waals surface area contributed by atoms with E-state index in [0.717, 1.165) is 38.4 Å². The fourth-order valence-corrected chi connectivity index (χ4v) is 4.26. The van der Waals surface area contributed by atoms with Gasteiger partial charge in [-0.05, 0) is 37.5 Å². The molecule has 2 aliphatic rings. The summed E-state index contributed by atoms with van der Waals surface area (Å²) in [6.45, 7) is 4.30. The van der Waals surface area contributed by atoms with Crippen LogP contribution in [-0.4, -0.2) is 29.6 Å². The number of rotatable bonds is 2. The molecule has 0 unspecified atom stereocenters. The lowest BCUT2D eigenvalue weighted by atomic mass is 10.0. The SMILES string of the molecule is c1ccc2c3c([nH]c2c1)CCN(c1ccc(N2CCCCC2)nc1)C3. The van der Waals surface area contributed by atoms with Gasteiger partial charge >= 0.3 is 0 Å². The molecule has 128 valence electrons. The van der Waals surface area contributed by atoms with Crippen LogP contribution in [0.1, 0.15) is 30.5 Å². The summed E-state index contributed by atoms with van der Waals surface area (Å²) >= 11 is 0. The molecule has 1 fully saturated rings. The molecule has 0 amide bonds. The quantitative estimate of drug-likeness (QED) is 0.767. The molecule has 3 aromatic rings. The van der Waals surface area contributed by atoms with Gasteiger partial charge in [0, 0.05) is 54.8 Å². The van der Waals surface area contributed by atoms with E-state index in [9.17, 15) is 0 Å². The molecular weight excluding hydrogens is 308 g/mol. The number of aromatic amines is 1. The van der Waals surface area contributed by atoms with Crippen LogP contribution in [0.3, 0.4) is 0 Å². The van der Waals surface area contributed by atoms with Crippen molar-refractivity contribution in [1.29, 1.82) is 0 Å². The number of para-hydroxylation sites is 1. The van der Waals surface area contributed by atoms with Crippen molar-refractivity contribution < 1.29 is 0 Å². The second-order valence-electron chi connectivity index (χ2n) is 7.22. The number of H-pyrrole nitrogens is 1. The van der Waals surface area contributed by atoms with E-state index in [1.165, 1.54) is 47.1 Å². The van der Waals surface area contributed by atoms with Crippen LogP contribution in [0, 0.1) is 0 Å². The first-order valence-corrected chi connectivity index (χ1v) is 9.43. The smallest absolute Gasteiger partial charge is 0.128 e. The van der Waals surface area contributed by atoms with Gasteiger partial charge in [0.1, 0.15) is 5.82 Å². The molecule has 1 saturated heterocycles. The summed E-state index contributed by atoms with van der Waals surface area (Å²) in [7, 11) is 0. The molecule has 1 aromatic carbocycles. The Labute approximate surface area is 148 Å². The third kappa shape index (κ3) is 2.66. The number of nitrogens with zero attached hydrogens (tertiary/aromatic N) is 3. The molecule has 2 aliphatic heterocycles. The topological polar surface area (TPSA) is 35.2 Å². The maximum Gasteiger partial charge on any atom is 0.128 e. The lowest BCUT2D eigenvalue weighted by Gasteiger charge is -2.30. The van der Waals surface area contributed by atoms with Crippen LogP contribution in [0.4, 0.5) is 11.5 Å². The fourth-order valence-electron chi connectivity index (χ4n) is 4.26. The van der Waals surface area contributed by atoms with Crippen molar-refractivity contribution in [2.75, 3.05) is 29.4 Å². The molecule has 5 rings (SSSR count). The van der Waals surface area contributed by atoms with Crippen LogP contribution in [0.15, 0.2) is 42.6 Å². The van der Waals surface area contributed by atoms with E-state index in [2.05, 4.69) is 57.4 Å². The minimum absolute atomic E-state index is 0.962. The van der Waals surface area contributed by atoms with Gasteiger partial charge in [-0.3, -0.25) is 0 Å². The molecule has 0 saturated carbocycles. The van der Waals surface area contributed by atoms with Crippen LogP contribution in [0.2, 0.25) is 0 Å². The van der Waals surface area contributed by atoms with Crippen molar-refractivity contribution in [3.05, 3.63) is 53.9 Å². The van der Waals surface area contributed by atoms with Crippen LogP contribution >= 0.6 is 0 Å². The first kappa shape index (κ1) is 14.8. The van der Waals surface area contributed by atoms with E-state index in [4.69, 9.17) is 4.98 Å². The summed E-state index contributed by atoms with van der Waals surface area (Å²) in [5.41, 5.74) is 5.34. The Morgan fingerprint density at radius 2 is 1.76 bits per heavy atom. The number of nitrogens with one attached hydrogen (secondary N) is 1. The van der Waals surface area contributed by atoms with Gasteiger partial charge in [0.25, 0.3) is 0 Å². The number of pyridine rings is 1. The van der Waals surface area contributed by atoms with Gasteiger partial charge in [0.15, 0.2) is 0 Å². The molecule has 2 aromatic heterocycles. The third-order valence-corrected chi connectivity index (χ3v) is 5.66. The predicted molar refractivity (Wildman–Crippen MR) is 103 cm³/mol. The molecule has 0 atom stereocenters. The third-order valence-electron chi connectivity index (χ3n) is 5.66. The van der Waals surface area contributed by atoms with Crippen LogP contribution in [0.5, 0.6) is 0 Å². The second-order valence-corrected chi connectivity index (χ2v) is 7.22. The molecule has 4 nitrogen and oxygen atoms in total. The van der Waals surface area contributed by atoms with E-state index in [0.29, 0.717) is 0 Å². The highest BCUT2D eigenvalue weighted by Gasteiger charge is 2.21. The minimum atomic E-state index is 0.962. The first-order valence-electron chi connectivity index (χ1n) is 9.43.